The van der Waals surface area contributed by atoms with E-state index in [0.29, 0.717) is 6.54 Å². The number of amides is 2. The van der Waals surface area contributed by atoms with Gasteiger partial charge < -0.3 is 10.6 Å². The Kier molecular flexibility index (Phi) is 8.53. The van der Waals surface area contributed by atoms with Crippen molar-refractivity contribution < 1.29 is 4.79 Å². The molecule has 25 heavy (non-hydrogen) atoms. The quantitative estimate of drug-likeness (QED) is 0.659. The number of benzene rings is 1. The van der Waals surface area contributed by atoms with Gasteiger partial charge in [0.1, 0.15) is 0 Å². The first kappa shape index (κ1) is 19.5. The molecule has 1 aromatic rings. The predicted octanol–water partition coefficient (Wildman–Crippen LogP) is 4.22. The van der Waals surface area contributed by atoms with Crippen LogP contribution in [0.4, 0.5) is 4.79 Å². The second-order valence-electron chi connectivity index (χ2n) is 6.75. The summed E-state index contributed by atoms with van der Waals surface area (Å²) in [5, 5.41) is 5.89. The normalized spacial score (nSPS) is 14.3. The van der Waals surface area contributed by atoms with E-state index < -0.39 is 0 Å². The van der Waals surface area contributed by atoms with Gasteiger partial charge in [0.05, 0.1) is 0 Å². The molecule has 0 unspecified atom stereocenters. The number of hydrogen-bond acceptors (Lipinski definition) is 2. The summed E-state index contributed by atoms with van der Waals surface area (Å²) in [5.74, 6) is 0. The Morgan fingerprint density at radius 3 is 2.40 bits per heavy atom. The number of hydrogen-bond donors (Lipinski definition) is 2. The van der Waals surface area contributed by atoms with Crippen LogP contribution in [0.15, 0.2) is 35.9 Å². The number of carbonyl (C=O) groups is 1. The predicted molar refractivity (Wildman–Crippen MR) is 104 cm³/mol. The third-order valence-corrected chi connectivity index (χ3v) is 4.89. The molecular formula is C21H33N3O. The maximum absolute atomic E-state index is 11.9. The maximum atomic E-state index is 11.9. The summed E-state index contributed by atoms with van der Waals surface area (Å²) >= 11 is 0. The van der Waals surface area contributed by atoms with Crippen molar-refractivity contribution in [1.29, 1.82) is 0 Å². The highest BCUT2D eigenvalue weighted by atomic mass is 16.2. The molecule has 0 bridgehead atoms. The van der Waals surface area contributed by atoms with Crippen LogP contribution in [0.2, 0.25) is 0 Å². The summed E-state index contributed by atoms with van der Waals surface area (Å²) in [7, 11) is 0. The van der Waals surface area contributed by atoms with E-state index >= 15 is 0 Å². The number of carbonyl (C=O) groups excluding carboxylic acids is 1. The third-order valence-electron chi connectivity index (χ3n) is 4.89. The summed E-state index contributed by atoms with van der Waals surface area (Å²) in [6.07, 6.45) is 8.32. The number of nitrogens with one attached hydrogen (secondary N) is 2. The number of rotatable bonds is 9. The van der Waals surface area contributed by atoms with E-state index in [2.05, 4.69) is 59.7 Å². The first-order valence-electron chi connectivity index (χ1n) is 9.71. The van der Waals surface area contributed by atoms with Crippen LogP contribution >= 0.6 is 0 Å². The third kappa shape index (κ3) is 7.30. The molecular weight excluding hydrogens is 310 g/mol. The molecule has 0 saturated heterocycles. The molecule has 0 atom stereocenters. The highest BCUT2D eigenvalue weighted by Gasteiger charge is 2.05. The van der Waals surface area contributed by atoms with Crippen molar-refractivity contribution in [2.75, 3.05) is 19.6 Å². The van der Waals surface area contributed by atoms with Crippen LogP contribution in [0, 0.1) is 0 Å². The molecule has 0 spiro atoms. The number of nitrogens with zero attached hydrogens (tertiary/aromatic N) is 1. The van der Waals surface area contributed by atoms with Crippen LogP contribution in [0.5, 0.6) is 0 Å². The molecule has 2 amide bonds. The Morgan fingerprint density at radius 2 is 1.76 bits per heavy atom. The van der Waals surface area contributed by atoms with Gasteiger partial charge in [-0.1, -0.05) is 49.8 Å². The monoisotopic (exact) mass is 343 g/mol. The zero-order valence-corrected chi connectivity index (χ0v) is 15.8. The summed E-state index contributed by atoms with van der Waals surface area (Å²) in [6.45, 7) is 8.78. The van der Waals surface area contributed by atoms with Crippen molar-refractivity contribution in [1.82, 2.24) is 15.5 Å². The maximum Gasteiger partial charge on any atom is 0.315 e. The molecule has 0 saturated carbocycles. The van der Waals surface area contributed by atoms with Gasteiger partial charge in [0.25, 0.3) is 0 Å². The molecule has 1 aliphatic rings. The first-order chi connectivity index (χ1) is 12.2. The van der Waals surface area contributed by atoms with Crippen molar-refractivity contribution in [3.05, 3.63) is 47.0 Å². The Bertz CT molecular complexity index is 547. The molecule has 0 heterocycles. The molecule has 138 valence electrons. The van der Waals surface area contributed by atoms with Crippen LogP contribution in [0.1, 0.15) is 57.1 Å². The van der Waals surface area contributed by atoms with Crippen LogP contribution < -0.4 is 10.6 Å². The Morgan fingerprint density at radius 1 is 1.04 bits per heavy atom. The zero-order valence-electron chi connectivity index (χ0n) is 15.8. The molecule has 1 aromatic carbocycles. The lowest BCUT2D eigenvalue weighted by molar-refractivity contribution is 0.240. The molecule has 2 rings (SSSR count). The molecule has 4 heteroatoms. The number of urea groups is 1. The Balaban J connectivity index is 1.66. The standard InChI is InChI=1S/C21H33N3O/c1-3-24(4-2)17-20-12-10-19(11-13-20)16-23-21(25)22-15-14-18-8-6-5-7-9-18/h8,10-13H,3-7,9,14-17H2,1-2H3,(H2,22,23,25). The molecule has 4 nitrogen and oxygen atoms in total. The minimum Gasteiger partial charge on any atom is -0.338 e. The van der Waals surface area contributed by atoms with E-state index in [-0.39, 0.29) is 6.03 Å². The molecule has 0 fully saturated rings. The average molecular weight is 344 g/mol. The minimum absolute atomic E-state index is 0.0800. The Labute approximate surface area is 152 Å². The summed E-state index contributed by atoms with van der Waals surface area (Å²) in [6, 6.07) is 8.44. The summed E-state index contributed by atoms with van der Waals surface area (Å²) in [4.78, 5) is 14.3. The lowest BCUT2D eigenvalue weighted by atomic mass is 9.97. The highest BCUT2D eigenvalue weighted by Crippen LogP contribution is 2.19. The molecule has 0 aliphatic heterocycles. The van der Waals surface area contributed by atoms with Crippen molar-refractivity contribution >= 4 is 6.03 Å². The van der Waals surface area contributed by atoms with Crippen LogP contribution in [-0.4, -0.2) is 30.6 Å². The second kappa shape index (κ2) is 10.9. The lowest BCUT2D eigenvalue weighted by Crippen LogP contribution is -2.35. The van der Waals surface area contributed by atoms with Crippen molar-refractivity contribution in [2.45, 2.75) is 59.0 Å². The van der Waals surface area contributed by atoms with Gasteiger partial charge in [-0.3, -0.25) is 4.90 Å². The van der Waals surface area contributed by atoms with Gasteiger partial charge in [-0.2, -0.15) is 0 Å². The van der Waals surface area contributed by atoms with Gasteiger partial charge >= 0.3 is 6.03 Å². The van der Waals surface area contributed by atoms with Crippen LogP contribution in [0.25, 0.3) is 0 Å². The van der Waals surface area contributed by atoms with Crippen LogP contribution in [-0.2, 0) is 13.1 Å². The Hall–Kier alpha value is -1.81. The molecule has 0 aromatic heterocycles. The SMILES string of the molecule is CCN(CC)Cc1ccc(CNC(=O)NCCC2=CCCCC2)cc1. The van der Waals surface area contributed by atoms with Gasteiger partial charge in [-0.25, -0.2) is 4.79 Å². The highest BCUT2D eigenvalue weighted by molar-refractivity contribution is 5.73. The van der Waals surface area contributed by atoms with E-state index in [1.54, 1.807) is 0 Å². The van der Waals surface area contributed by atoms with Crippen LogP contribution in [0.3, 0.4) is 0 Å². The van der Waals surface area contributed by atoms with E-state index in [4.69, 9.17) is 0 Å². The van der Waals surface area contributed by atoms with E-state index in [9.17, 15) is 4.79 Å². The van der Waals surface area contributed by atoms with E-state index in [1.807, 2.05) is 0 Å². The van der Waals surface area contributed by atoms with E-state index in [1.165, 1.54) is 36.8 Å². The fraction of sp³-hybridized carbons (Fsp3) is 0.571. The fourth-order valence-corrected chi connectivity index (χ4v) is 3.18. The first-order valence-corrected chi connectivity index (χ1v) is 9.71. The van der Waals surface area contributed by atoms with Crippen molar-refractivity contribution in [3.63, 3.8) is 0 Å². The van der Waals surface area contributed by atoms with Gasteiger partial charge in [0.2, 0.25) is 0 Å². The lowest BCUT2D eigenvalue weighted by Gasteiger charge is -2.18. The number of allylic oxidation sites excluding steroid dienone is 1. The van der Waals surface area contributed by atoms with Gasteiger partial charge in [-0.05, 0) is 56.3 Å². The fourth-order valence-electron chi connectivity index (χ4n) is 3.18. The van der Waals surface area contributed by atoms with Crippen molar-refractivity contribution in [3.8, 4) is 0 Å². The minimum atomic E-state index is -0.0800. The average Bonchev–Trinajstić information content (AvgIpc) is 2.66. The smallest absolute Gasteiger partial charge is 0.315 e. The van der Waals surface area contributed by atoms with Gasteiger partial charge in [-0.15, -0.1) is 0 Å². The topological polar surface area (TPSA) is 44.4 Å². The van der Waals surface area contributed by atoms with Crippen molar-refractivity contribution in [2.24, 2.45) is 0 Å². The molecule has 0 radical (unpaired) electrons. The largest absolute Gasteiger partial charge is 0.338 e. The van der Waals surface area contributed by atoms with E-state index in [0.717, 1.165) is 38.2 Å². The summed E-state index contributed by atoms with van der Waals surface area (Å²) < 4.78 is 0. The zero-order chi connectivity index (χ0) is 17.9. The summed E-state index contributed by atoms with van der Waals surface area (Å²) in [5.41, 5.74) is 3.95. The molecule has 2 N–H and O–H groups in total. The van der Waals surface area contributed by atoms with Gasteiger partial charge in [0.15, 0.2) is 0 Å². The van der Waals surface area contributed by atoms with Gasteiger partial charge in [0, 0.05) is 19.6 Å². The second-order valence-corrected chi connectivity index (χ2v) is 6.75. The molecule has 1 aliphatic carbocycles.